The Hall–Kier alpha value is -1.14. The second kappa shape index (κ2) is 6.10. The largest absolute Gasteiger partial charge is 0.498 e. The third-order valence-electron chi connectivity index (χ3n) is 3.58. The molecule has 6 heteroatoms. The number of aromatic nitrogens is 2. The van der Waals surface area contributed by atoms with Crippen LogP contribution in [0.2, 0.25) is 0 Å². The number of hydrogen-bond acceptors (Lipinski definition) is 5. The lowest BCUT2D eigenvalue weighted by Gasteiger charge is -2.32. The van der Waals surface area contributed by atoms with Gasteiger partial charge in [-0.2, -0.15) is 0 Å². The average molecular weight is 279 g/mol. The van der Waals surface area contributed by atoms with Crippen molar-refractivity contribution >= 4 is 18.5 Å². The smallest absolute Gasteiger partial charge is 0.399 e. The zero-order chi connectivity index (χ0) is 15.6. The number of hydrogen-bond donors (Lipinski definition) is 0. The lowest BCUT2D eigenvalue weighted by atomic mass is 9.81. The topological polar surface area (TPSA) is 47.5 Å². The van der Waals surface area contributed by atoms with Crippen molar-refractivity contribution in [1.29, 1.82) is 0 Å². The van der Waals surface area contributed by atoms with E-state index in [1.54, 1.807) is 12.4 Å². The fourth-order valence-electron chi connectivity index (χ4n) is 1.66. The second-order valence-corrected chi connectivity index (χ2v) is 5.80. The van der Waals surface area contributed by atoms with E-state index in [1.165, 1.54) is 0 Å². The minimum Gasteiger partial charge on any atom is -0.399 e. The highest BCUT2D eigenvalue weighted by atomic mass is 16.7. The van der Waals surface area contributed by atoms with Crippen molar-refractivity contribution in [2.75, 3.05) is 19.0 Å². The maximum atomic E-state index is 5.93. The molecule has 0 unspecified atom stereocenters. The van der Waals surface area contributed by atoms with Gasteiger partial charge < -0.3 is 14.2 Å². The highest BCUT2D eigenvalue weighted by Crippen LogP contribution is 2.36. The van der Waals surface area contributed by atoms with Gasteiger partial charge in [0.1, 0.15) is 0 Å². The van der Waals surface area contributed by atoms with Crippen LogP contribution in [0.4, 0.5) is 5.95 Å². The van der Waals surface area contributed by atoms with Crippen LogP contribution in [0, 0.1) is 0 Å². The Morgan fingerprint density at radius 3 is 1.70 bits per heavy atom. The highest BCUT2D eigenvalue weighted by Gasteiger charge is 2.51. The van der Waals surface area contributed by atoms with Crippen molar-refractivity contribution in [2.45, 2.75) is 52.7 Å². The fraction of sp³-hybridized carbons (Fsp3) is 0.714. The Morgan fingerprint density at radius 1 is 0.950 bits per heavy atom. The first-order valence-corrected chi connectivity index (χ1v) is 7.08. The molecule has 1 aromatic rings. The summed E-state index contributed by atoms with van der Waals surface area (Å²) in [5.41, 5.74) is 0.176. The van der Waals surface area contributed by atoms with Gasteiger partial charge in [-0.3, -0.25) is 0 Å². The van der Waals surface area contributed by atoms with E-state index in [1.807, 2.05) is 60.5 Å². The van der Waals surface area contributed by atoms with Crippen LogP contribution in [0.15, 0.2) is 12.4 Å². The summed E-state index contributed by atoms with van der Waals surface area (Å²) in [5.74, 6) is 0.676. The van der Waals surface area contributed by atoms with Gasteiger partial charge in [0.2, 0.25) is 5.95 Å². The first-order valence-electron chi connectivity index (χ1n) is 7.08. The van der Waals surface area contributed by atoms with Crippen molar-refractivity contribution in [1.82, 2.24) is 9.97 Å². The standard InChI is InChI=1S/C12H20BN3O2.C2H6/c1-11(2)12(3,4)18-13(17-11)9-7-14-10(15-8-9)16(5)6;1-2/h7-8H,1-6H3;1-2H3. The van der Waals surface area contributed by atoms with Crippen LogP contribution in [-0.4, -0.2) is 42.4 Å². The third-order valence-corrected chi connectivity index (χ3v) is 3.58. The maximum absolute atomic E-state index is 5.93. The van der Waals surface area contributed by atoms with E-state index in [2.05, 4.69) is 9.97 Å². The third kappa shape index (κ3) is 3.30. The van der Waals surface area contributed by atoms with Gasteiger partial charge >= 0.3 is 7.12 Å². The lowest BCUT2D eigenvalue weighted by Crippen LogP contribution is -2.41. The summed E-state index contributed by atoms with van der Waals surface area (Å²) in [6.45, 7) is 12.1. The molecule has 0 aliphatic carbocycles. The molecule has 2 rings (SSSR count). The van der Waals surface area contributed by atoms with Crippen LogP contribution in [0.5, 0.6) is 0 Å². The summed E-state index contributed by atoms with van der Waals surface area (Å²) in [6.07, 6.45) is 3.51. The Balaban J connectivity index is 0.000000956. The molecule has 1 aromatic heterocycles. The van der Waals surface area contributed by atoms with E-state index in [0.717, 1.165) is 5.46 Å². The van der Waals surface area contributed by atoms with Gasteiger partial charge in [-0.1, -0.05) is 13.8 Å². The molecule has 0 spiro atoms. The molecule has 0 aromatic carbocycles. The highest BCUT2D eigenvalue weighted by molar-refractivity contribution is 6.61. The second-order valence-electron chi connectivity index (χ2n) is 5.80. The summed E-state index contributed by atoms with van der Waals surface area (Å²) in [4.78, 5) is 10.4. The molecular formula is C14H26BN3O2. The van der Waals surface area contributed by atoms with Gasteiger partial charge in [-0.15, -0.1) is 0 Å². The Bertz CT molecular complexity index is 417. The fourth-order valence-corrected chi connectivity index (χ4v) is 1.66. The minimum atomic E-state index is -0.397. The molecule has 1 aliphatic heterocycles. The molecule has 0 N–H and O–H groups in total. The van der Waals surface area contributed by atoms with E-state index in [-0.39, 0.29) is 11.2 Å². The van der Waals surface area contributed by atoms with Crippen LogP contribution in [0.1, 0.15) is 41.5 Å². The molecule has 2 heterocycles. The average Bonchev–Trinajstić information content (AvgIpc) is 2.61. The van der Waals surface area contributed by atoms with E-state index >= 15 is 0 Å². The molecule has 0 atom stereocenters. The van der Waals surface area contributed by atoms with Crippen LogP contribution in [-0.2, 0) is 9.31 Å². The predicted octanol–water partition coefficient (Wildman–Crippen LogP) is 1.87. The van der Waals surface area contributed by atoms with Crippen LogP contribution in [0.25, 0.3) is 0 Å². The van der Waals surface area contributed by atoms with Crippen LogP contribution >= 0.6 is 0 Å². The minimum absolute atomic E-state index is 0.335. The zero-order valence-electron chi connectivity index (χ0n) is 13.9. The maximum Gasteiger partial charge on any atom is 0.498 e. The van der Waals surface area contributed by atoms with Crippen molar-refractivity contribution in [2.24, 2.45) is 0 Å². The molecule has 1 aliphatic rings. The first-order chi connectivity index (χ1) is 9.23. The van der Waals surface area contributed by atoms with Crippen LogP contribution in [0.3, 0.4) is 0 Å². The van der Waals surface area contributed by atoms with E-state index < -0.39 is 7.12 Å². The Morgan fingerprint density at radius 2 is 1.35 bits per heavy atom. The first kappa shape index (κ1) is 16.9. The van der Waals surface area contributed by atoms with E-state index in [4.69, 9.17) is 9.31 Å². The number of rotatable bonds is 2. The Labute approximate surface area is 122 Å². The molecule has 5 nitrogen and oxygen atoms in total. The van der Waals surface area contributed by atoms with Gasteiger partial charge in [0, 0.05) is 32.0 Å². The quantitative estimate of drug-likeness (QED) is 0.773. The van der Waals surface area contributed by atoms with E-state index in [0.29, 0.717) is 5.95 Å². The van der Waals surface area contributed by atoms with Gasteiger partial charge in [-0.25, -0.2) is 9.97 Å². The molecule has 112 valence electrons. The van der Waals surface area contributed by atoms with E-state index in [9.17, 15) is 0 Å². The molecule has 1 fully saturated rings. The number of anilines is 1. The van der Waals surface area contributed by atoms with Gasteiger partial charge in [0.15, 0.2) is 0 Å². The number of nitrogens with zero attached hydrogens (tertiary/aromatic N) is 3. The molecule has 0 amide bonds. The van der Waals surface area contributed by atoms with Crippen LogP contribution < -0.4 is 10.4 Å². The molecule has 0 bridgehead atoms. The van der Waals surface area contributed by atoms with Gasteiger partial charge in [0.25, 0.3) is 0 Å². The molecule has 0 saturated carbocycles. The molecule has 1 saturated heterocycles. The zero-order valence-corrected chi connectivity index (χ0v) is 13.9. The Kier molecular flexibility index (Phi) is 5.16. The SMILES string of the molecule is CC.CN(C)c1ncc(B2OC(C)(C)C(C)(C)O2)cn1. The van der Waals surface area contributed by atoms with Gasteiger partial charge in [-0.05, 0) is 27.7 Å². The normalized spacial score (nSPS) is 19.3. The van der Waals surface area contributed by atoms with Crippen molar-refractivity contribution in [3.8, 4) is 0 Å². The summed E-state index contributed by atoms with van der Waals surface area (Å²) in [5, 5.41) is 0. The molecule has 0 radical (unpaired) electrons. The summed E-state index contributed by atoms with van der Waals surface area (Å²) < 4.78 is 11.9. The molecule has 20 heavy (non-hydrogen) atoms. The lowest BCUT2D eigenvalue weighted by molar-refractivity contribution is 0.00578. The monoisotopic (exact) mass is 279 g/mol. The summed E-state index contributed by atoms with van der Waals surface area (Å²) in [6, 6.07) is 0. The molecular weight excluding hydrogens is 253 g/mol. The van der Waals surface area contributed by atoms with Crippen molar-refractivity contribution in [3.63, 3.8) is 0 Å². The predicted molar refractivity (Wildman–Crippen MR) is 83.4 cm³/mol. The van der Waals surface area contributed by atoms with Crippen molar-refractivity contribution in [3.05, 3.63) is 12.4 Å². The van der Waals surface area contributed by atoms with Crippen molar-refractivity contribution < 1.29 is 9.31 Å². The summed E-state index contributed by atoms with van der Waals surface area (Å²) >= 11 is 0. The summed E-state index contributed by atoms with van der Waals surface area (Å²) in [7, 11) is 3.42. The van der Waals surface area contributed by atoms with Gasteiger partial charge in [0.05, 0.1) is 11.2 Å².